The first-order chi connectivity index (χ1) is 6.59. The molecule has 1 rings (SSSR count). The molecule has 1 unspecified atom stereocenters. The summed E-state index contributed by atoms with van der Waals surface area (Å²) in [5.74, 6) is 1.56. The zero-order valence-electron chi connectivity index (χ0n) is 7.99. The van der Waals surface area contributed by atoms with E-state index in [2.05, 4.69) is 10.3 Å². The van der Waals surface area contributed by atoms with Gasteiger partial charge in [-0.2, -0.15) is 0 Å². The highest BCUT2D eigenvalue weighted by molar-refractivity contribution is 7.84. The molecule has 0 aliphatic rings. The van der Waals surface area contributed by atoms with Gasteiger partial charge in [0.15, 0.2) is 0 Å². The molecule has 1 heterocycles. The van der Waals surface area contributed by atoms with E-state index in [1.807, 2.05) is 0 Å². The summed E-state index contributed by atoms with van der Waals surface area (Å²) in [6, 6.07) is 3.43. The van der Waals surface area contributed by atoms with Gasteiger partial charge in [-0.25, -0.2) is 4.98 Å². The Morgan fingerprint density at radius 3 is 2.79 bits per heavy atom. The summed E-state index contributed by atoms with van der Waals surface area (Å²) in [5, 5.41) is 3.00. The summed E-state index contributed by atoms with van der Waals surface area (Å²) in [6.45, 7) is 0.611. The van der Waals surface area contributed by atoms with Crippen LogP contribution in [0.2, 0.25) is 0 Å². The highest BCUT2D eigenvalue weighted by atomic mass is 32.2. The van der Waals surface area contributed by atoms with E-state index in [9.17, 15) is 4.21 Å². The zero-order chi connectivity index (χ0) is 10.6. The average Bonchev–Trinajstić information content (AvgIpc) is 2.10. The van der Waals surface area contributed by atoms with Crippen LogP contribution < -0.4 is 16.8 Å². The monoisotopic (exact) mass is 214 g/mol. The van der Waals surface area contributed by atoms with Gasteiger partial charge in [0.2, 0.25) is 0 Å². The lowest BCUT2D eigenvalue weighted by molar-refractivity contribution is 0.687. The predicted octanol–water partition coefficient (Wildman–Crippen LogP) is 0.0364. The van der Waals surface area contributed by atoms with Crippen LogP contribution >= 0.6 is 0 Å². The van der Waals surface area contributed by atoms with E-state index < -0.39 is 10.8 Å². The fourth-order valence-corrected chi connectivity index (χ4v) is 1.30. The van der Waals surface area contributed by atoms with Crippen LogP contribution in [0.1, 0.15) is 0 Å². The topological polar surface area (TPSA) is 94.0 Å². The van der Waals surface area contributed by atoms with E-state index in [-0.39, 0.29) is 0 Å². The third-order valence-corrected chi connectivity index (χ3v) is 2.43. The lowest BCUT2D eigenvalue weighted by Gasteiger charge is -2.05. The molecule has 1 atom stereocenters. The number of rotatable bonds is 4. The predicted molar refractivity (Wildman–Crippen MR) is 60.5 cm³/mol. The number of hydrogen-bond acceptors (Lipinski definition) is 5. The van der Waals surface area contributed by atoms with E-state index in [4.69, 9.17) is 11.5 Å². The minimum absolute atomic E-state index is 0.313. The van der Waals surface area contributed by atoms with Crippen LogP contribution in [0, 0.1) is 0 Å². The van der Waals surface area contributed by atoms with Crippen molar-refractivity contribution in [1.29, 1.82) is 0 Å². The normalized spacial score (nSPS) is 12.4. The SMILES string of the molecule is CS(=O)CCNc1ccc(N)c(N)n1. The highest BCUT2D eigenvalue weighted by Crippen LogP contribution is 2.13. The lowest BCUT2D eigenvalue weighted by Crippen LogP contribution is -2.11. The largest absolute Gasteiger partial charge is 0.396 e. The Labute approximate surface area is 85.3 Å². The van der Waals surface area contributed by atoms with E-state index in [0.717, 1.165) is 0 Å². The number of pyridine rings is 1. The van der Waals surface area contributed by atoms with Gasteiger partial charge in [-0.3, -0.25) is 4.21 Å². The van der Waals surface area contributed by atoms with Crippen molar-refractivity contribution in [2.75, 3.05) is 35.3 Å². The molecule has 14 heavy (non-hydrogen) atoms. The lowest BCUT2D eigenvalue weighted by atomic mass is 10.4. The molecule has 0 aliphatic heterocycles. The quantitative estimate of drug-likeness (QED) is 0.657. The maximum Gasteiger partial charge on any atom is 0.149 e. The van der Waals surface area contributed by atoms with Gasteiger partial charge in [-0.15, -0.1) is 0 Å². The molecule has 1 aromatic heterocycles. The molecule has 0 aromatic carbocycles. The first kappa shape index (κ1) is 10.8. The maximum absolute atomic E-state index is 10.8. The molecule has 0 saturated heterocycles. The highest BCUT2D eigenvalue weighted by Gasteiger charge is 1.98. The summed E-state index contributed by atoms with van der Waals surface area (Å²) < 4.78 is 10.8. The molecule has 0 spiro atoms. The van der Waals surface area contributed by atoms with E-state index >= 15 is 0 Å². The number of hydrogen-bond donors (Lipinski definition) is 3. The molecular formula is C8H14N4OS. The first-order valence-corrected chi connectivity index (χ1v) is 5.88. The van der Waals surface area contributed by atoms with Crippen molar-refractivity contribution in [3.05, 3.63) is 12.1 Å². The van der Waals surface area contributed by atoms with Crippen molar-refractivity contribution in [3.8, 4) is 0 Å². The Morgan fingerprint density at radius 1 is 1.50 bits per heavy atom. The molecule has 1 aromatic rings. The fourth-order valence-electron chi connectivity index (χ4n) is 0.907. The Bertz CT molecular complexity index is 342. The Kier molecular flexibility index (Phi) is 3.70. The summed E-state index contributed by atoms with van der Waals surface area (Å²) >= 11 is 0. The van der Waals surface area contributed by atoms with Crippen molar-refractivity contribution < 1.29 is 4.21 Å². The number of nitrogen functional groups attached to an aromatic ring is 2. The molecule has 0 fully saturated rings. The van der Waals surface area contributed by atoms with E-state index in [1.165, 1.54) is 0 Å². The zero-order valence-corrected chi connectivity index (χ0v) is 8.80. The molecular weight excluding hydrogens is 200 g/mol. The Balaban J connectivity index is 2.51. The van der Waals surface area contributed by atoms with Gasteiger partial charge in [0, 0.05) is 29.4 Å². The van der Waals surface area contributed by atoms with Gasteiger partial charge in [0.1, 0.15) is 11.6 Å². The molecule has 0 saturated carbocycles. The molecule has 0 radical (unpaired) electrons. The van der Waals surface area contributed by atoms with Crippen LogP contribution in [0.5, 0.6) is 0 Å². The van der Waals surface area contributed by atoms with Crippen LogP contribution in [0.25, 0.3) is 0 Å². The second-order valence-electron chi connectivity index (χ2n) is 2.88. The first-order valence-electron chi connectivity index (χ1n) is 4.15. The van der Waals surface area contributed by atoms with Crippen LogP contribution in [-0.2, 0) is 10.8 Å². The van der Waals surface area contributed by atoms with Gasteiger partial charge >= 0.3 is 0 Å². The maximum atomic E-state index is 10.8. The third-order valence-electron chi connectivity index (χ3n) is 1.65. The minimum Gasteiger partial charge on any atom is -0.396 e. The number of anilines is 3. The van der Waals surface area contributed by atoms with E-state index in [1.54, 1.807) is 18.4 Å². The summed E-state index contributed by atoms with van der Waals surface area (Å²) in [4.78, 5) is 4.01. The Hall–Kier alpha value is -1.30. The van der Waals surface area contributed by atoms with Crippen molar-refractivity contribution >= 4 is 28.1 Å². The summed E-state index contributed by atoms with van der Waals surface area (Å²) in [6.07, 6.45) is 1.66. The van der Waals surface area contributed by atoms with Crippen LogP contribution in [-0.4, -0.2) is 27.7 Å². The van der Waals surface area contributed by atoms with Crippen molar-refractivity contribution in [2.24, 2.45) is 0 Å². The summed E-state index contributed by atoms with van der Waals surface area (Å²) in [7, 11) is -0.795. The molecule has 0 amide bonds. The molecule has 0 bridgehead atoms. The van der Waals surface area contributed by atoms with Gasteiger partial charge in [0.25, 0.3) is 0 Å². The number of nitrogens with one attached hydrogen (secondary N) is 1. The molecule has 78 valence electrons. The minimum atomic E-state index is -0.795. The molecule has 0 aliphatic carbocycles. The molecule has 5 nitrogen and oxygen atoms in total. The van der Waals surface area contributed by atoms with Crippen molar-refractivity contribution in [1.82, 2.24) is 4.98 Å². The number of nitrogens with two attached hydrogens (primary N) is 2. The van der Waals surface area contributed by atoms with E-state index in [0.29, 0.717) is 29.6 Å². The summed E-state index contributed by atoms with van der Waals surface area (Å²) in [5.41, 5.74) is 11.5. The van der Waals surface area contributed by atoms with Gasteiger partial charge in [0.05, 0.1) is 5.69 Å². The van der Waals surface area contributed by atoms with Gasteiger partial charge in [-0.05, 0) is 12.1 Å². The average molecular weight is 214 g/mol. The van der Waals surface area contributed by atoms with Gasteiger partial charge < -0.3 is 16.8 Å². The Morgan fingerprint density at radius 2 is 2.21 bits per heavy atom. The number of aromatic nitrogens is 1. The molecule has 5 N–H and O–H groups in total. The van der Waals surface area contributed by atoms with Crippen LogP contribution in [0.4, 0.5) is 17.3 Å². The second-order valence-corrected chi connectivity index (χ2v) is 4.43. The van der Waals surface area contributed by atoms with Crippen molar-refractivity contribution in [3.63, 3.8) is 0 Å². The molecule has 6 heteroatoms. The fraction of sp³-hybridized carbons (Fsp3) is 0.375. The second kappa shape index (κ2) is 4.80. The van der Waals surface area contributed by atoms with Crippen LogP contribution in [0.3, 0.4) is 0 Å². The smallest absolute Gasteiger partial charge is 0.149 e. The standard InChI is InChI=1S/C8H14N4OS/c1-14(13)5-4-11-7-3-2-6(9)8(10)12-7/h2-3H,4-5,9H2,1H3,(H3,10,11,12). The van der Waals surface area contributed by atoms with Crippen LogP contribution in [0.15, 0.2) is 12.1 Å². The third kappa shape index (κ3) is 3.21. The van der Waals surface area contributed by atoms with Gasteiger partial charge in [-0.1, -0.05) is 0 Å². The number of nitrogens with zero attached hydrogens (tertiary/aromatic N) is 1. The van der Waals surface area contributed by atoms with Crippen molar-refractivity contribution in [2.45, 2.75) is 0 Å².